The molecule has 3 amide bonds. The van der Waals surface area contributed by atoms with E-state index in [9.17, 15) is 14.4 Å². The van der Waals surface area contributed by atoms with Gasteiger partial charge >= 0.3 is 0 Å². The molecule has 4 fully saturated rings. The van der Waals surface area contributed by atoms with E-state index < -0.39 is 5.54 Å². The highest BCUT2D eigenvalue weighted by Crippen LogP contribution is 2.57. The Morgan fingerprint density at radius 3 is 2.60 bits per heavy atom. The molecule has 7 heteroatoms. The van der Waals surface area contributed by atoms with Crippen LogP contribution in [0.1, 0.15) is 69.8 Å². The predicted octanol–water partition coefficient (Wildman–Crippen LogP) is 3.03. The fourth-order valence-corrected chi connectivity index (χ4v) is 7.76. The van der Waals surface area contributed by atoms with Gasteiger partial charge in [0.15, 0.2) is 0 Å². The van der Waals surface area contributed by atoms with E-state index in [0.717, 1.165) is 62.7 Å². The van der Waals surface area contributed by atoms with Crippen molar-refractivity contribution in [3.05, 3.63) is 29.8 Å². The molecule has 5 aliphatic rings. The van der Waals surface area contributed by atoms with Crippen molar-refractivity contribution in [1.29, 1.82) is 0 Å². The summed E-state index contributed by atoms with van der Waals surface area (Å²) < 4.78 is 0. The van der Waals surface area contributed by atoms with Gasteiger partial charge in [0, 0.05) is 49.9 Å². The Balaban J connectivity index is 1.30. The largest absolute Gasteiger partial charge is 0.356 e. The standard InChI is InChI=1S/C28H38N4O3/c33-25(18-20-8-1-2-9-20)30-14-6-13-29-26(34)23-19-21-10-5-17-32(21)28(23)22-11-3-4-12-24(22)31(27(28)35)16-7-15-30/h3-4,11-12,20-21,23H,1-2,5-10,13-19H2,(H,29,34)/t21-,23+,28+/m0/s1. The number of nitrogens with zero attached hydrogens (tertiary/aromatic N) is 3. The van der Waals surface area contributed by atoms with E-state index in [-0.39, 0.29) is 23.6 Å². The first-order valence-corrected chi connectivity index (χ1v) is 13.8. The number of benzene rings is 1. The van der Waals surface area contributed by atoms with E-state index >= 15 is 0 Å². The molecule has 1 N–H and O–H groups in total. The number of nitrogens with one attached hydrogen (secondary N) is 1. The summed E-state index contributed by atoms with van der Waals surface area (Å²) >= 11 is 0. The Labute approximate surface area is 208 Å². The van der Waals surface area contributed by atoms with Crippen molar-refractivity contribution in [2.24, 2.45) is 11.8 Å². The Morgan fingerprint density at radius 2 is 1.74 bits per heavy atom. The monoisotopic (exact) mass is 478 g/mol. The van der Waals surface area contributed by atoms with E-state index in [2.05, 4.69) is 16.3 Å². The summed E-state index contributed by atoms with van der Waals surface area (Å²) in [6.45, 7) is 3.32. The van der Waals surface area contributed by atoms with Crippen LogP contribution in [-0.4, -0.2) is 66.3 Å². The molecule has 3 atom stereocenters. The van der Waals surface area contributed by atoms with Gasteiger partial charge in [0.05, 0.1) is 5.92 Å². The van der Waals surface area contributed by atoms with E-state index in [0.29, 0.717) is 44.6 Å². The summed E-state index contributed by atoms with van der Waals surface area (Å²) in [4.78, 5) is 47.4. The first kappa shape index (κ1) is 23.0. The molecule has 0 unspecified atom stereocenters. The molecule has 4 heterocycles. The molecule has 1 spiro atoms. The normalized spacial score (nSPS) is 31.9. The van der Waals surface area contributed by atoms with Crippen LogP contribution in [0.15, 0.2) is 24.3 Å². The summed E-state index contributed by atoms with van der Waals surface area (Å²) in [6.07, 6.45) is 9.82. The molecule has 1 aromatic rings. The van der Waals surface area contributed by atoms with Crippen LogP contribution in [-0.2, 0) is 19.9 Å². The van der Waals surface area contributed by atoms with Gasteiger partial charge < -0.3 is 15.1 Å². The third-order valence-electron chi connectivity index (χ3n) is 9.34. The number of para-hydroxylation sites is 1. The summed E-state index contributed by atoms with van der Waals surface area (Å²) in [7, 11) is 0. The van der Waals surface area contributed by atoms with E-state index in [1.807, 2.05) is 28.0 Å². The Hall–Kier alpha value is -2.41. The minimum absolute atomic E-state index is 0.00696. The minimum Gasteiger partial charge on any atom is -0.356 e. The lowest BCUT2D eigenvalue weighted by molar-refractivity contribution is -0.138. The highest BCUT2D eigenvalue weighted by molar-refractivity contribution is 6.10. The Bertz CT molecular complexity index is 1010. The quantitative estimate of drug-likeness (QED) is 0.709. The van der Waals surface area contributed by atoms with Crippen LogP contribution < -0.4 is 10.2 Å². The lowest BCUT2D eigenvalue weighted by Gasteiger charge is -2.37. The third kappa shape index (κ3) is 3.69. The summed E-state index contributed by atoms with van der Waals surface area (Å²) in [6, 6.07) is 8.39. The van der Waals surface area contributed by atoms with Gasteiger partial charge in [-0.15, -0.1) is 0 Å². The average Bonchev–Trinajstić information content (AvgIpc) is 3.62. The van der Waals surface area contributed by atoms with Gasteiger partial charge in [0.2, 0.25) is 11.8 Å². The van der Waals surface area contributed by atoms with Crippen molar-refractivity contribution < 1.29 is 14.4 Å². The molecule has 6 rings (SSSR count). The molecule has 4 aliphatic heterocycles. The first-order valence-electron chi connectivity index (χ1n) is 13.8. The zero-order valence-corrected chi connectivity index (χ0v) is 20.7. The van der Waals surface area contributed by atoms with Crippen molar-refractivity contribution in [2.75, 3.05) is 37.6 Å². The Kier molecular flexibility index (Phi) is 6.07. The third-order valence-corrected chi connectivity index (χ3v) is 9.34. The number of anilines is 1. The topological polar surface area (TPSA) is 73.0 Å². The van der Waals surface area contributed by atoms with Crippen molar-refractivity contribution in [1.82, 2.24) is 15.1 Å². The van der Waals surface area contributed by atoms with E-state index in [1.165, 1.54) is 12.8 Å². The van der Waals surface area contributed by atoms with Gasteiger partial charge in [-0.05, 0) is 63.5 Å². The highest BCUT2D eigenvalue weighted by atomic mass is 16.2. The number of hydrogen-bond acceptors (Lipinski definition) is 4. The van der Waals surface area contributed by atoms with E-state index in [4.69, 9.17) is 0 Å². The van der Waals surface area contributed by atoms with Crippen LogP contribution >= 0.6 is 0 Å². The van der Waals surface area contributed by atoms with Crippen molar-refractivity contribution in [3.8, 4) is 0 Å². The van der Waals surface area contributed by atoms with Crippen LogP contribution in [0.25, 0.3) is 0 Å². The molecule has 0 radical (unpaired) electrons. The lowest BCUT2D eigenvalue weighted by Crippen LogP contribution is -2.56. The molecular formula is C28H38N4O3. The van der Waals surface area contributed by atoms with Crippen molar-refractivity contribution >= 4 is 23.4 Å². The van der Waals surface area contributed by atoms with Gasteiger partial charge in [-0.1, -0.05) is 31.0 Å². The van der Waals surface area contributed by atoms with Gasteiger partial charge in [0.1, 0.15) is 5.54 Å². The number of carbonyl (C=O) groups excluding carboxylic acids is 3. The van der Waals surface area contributed by atoms with Crippen molar-refractivity contribution in [3.63, 3.8) is 0 Å². The van der Waals surface area contributed by atoms with Crippen LogP contribution in [0.2, 0.25) is 0 Å². The molecule has 1 saturated carbocycles. The number of rotatable bonds is 2. The van der Waals surface area contributed by atoms with E-state index in [1.54, 1.807) is 0 Å². The van der Waals surface area contributed by atoms with Gasteiger partial charge in [0.25, 0.3) is 5.91 Å². The van der Waals surface area contributed by atoms with Gasteiger partial charge in [-0.3, -0.25) is 19.3 Å². The number of hydrogen-bond donors (Lipinski definition) is 1. The fourth-order valence-electron chi connectivity index (χ4n) is 7.76. The second kappa shape index (κ2) is 9.23. The smallest absolute Gasteiger partial charge is 0.253 e. The zero-order valence-electron chi connectivity index (χ0n) is 20.7. The molecule has 1 aliphatic carbocycles. The molecule has 0 aromatic heterocycles. The van der Waals surface area contributed by atoms with Crippen molar-refractivity contribution in [2.45, 2.75) is 75.8 Å². The lowest BCUT2D eigenvalue weighted by atomic mass is 9.78. The molecule has 188 valence electrons. The second-order valence-corrected chi connectivity index (χ2v) is 11.3. The molecule has 2 bridgehead atoms. The maximum Gasteiger partial charge on any atom is 0.253 e. The van der Waals surface area contributed by atoms with Gasteiger partial charge in [-0.25, -0.2) is 0 Å². The average molecular weight is 479 g/mol. The molecule has 3 saturated heterocycles. The maximum absolute atomic E-state index is 14.3. The predicted molar refractivity (Wildman–Crippen MR) is 134 cm³/mol. The summed E-state index contributed by atoms with van der Waals surface area (Å²) in [5.41, 5.74) is 1.07. The van der Waals surface area contributed by atoms with Crippen LogP contribution in [0.3, 0.4) is 0 Å². The van der Waals surface area contributed by atoms with Crippen LogP contribution in [0.4, 0.5) is 5.69 Å². The Morgan fingerprint density at radius 1 is 0.943 bits per heavy atom. The summed E-state index contributed by atoms with van der Waals surface area (Å²) in [5.74, 6) is 0.442. The maximum atomic E-state index is 14.3. The number of amides is 3. The van der Waals surface area contributed by atoms with Crippen LogP contribution in [0.5, 0.6) is 0 Å². The summed E-state index contributed by atoms with van der Waals surface area (Å²) in [5, 5.41) is 3.17. The second-order valence-electron chi connectivity index (χ2n) is 11.3. The first-order chi connectivity index (χ1) is 17.1. The fraction of sp³-hybridized carbons (Fsp3) is 0.679. The molecular weight excluding hydrogens is 440 g/mol. The zero-order chi connectivity index (χ0) is 24.0. The molecule has 1 aromatic carbocycles. The van der Waals surface area contributed by atoms with Crippen LogP contribution in [0, 0.1) is 11.8 Å². The highest BCUT2D eigenvalue weighted by Gasteiger charge is 2.66. The minimum atomic E-state index is -0.881. The van der Waals surface area contributed by atoms with Gasteiger partial charge in [-0.2, -0.15) is 0 Å². The molecule has 7 nitrogen and oxygen atoms in total. The number of fused-ring (bicyclic) bond motifs is 4. The number of carbonyl (C=O) groups is 3. The molecule has 35 heavy (non-hydrogen) atoms. The SMILES string of the molecule is O=C1NCCCN(C(=O)CC2CCCC2)CCCN2C(=O)[C@@]3(c4ccccc42)[C@@H]1C[C@@H]1CCCN13.